The van der Waals surface area contributed by atoms with Crippen LogP contribution in [0.15, 0.2) is 59.5 Å². The van der Waals surface area contributed by atoms with Gasteiger partial charge in [0, 0.05) is 13.1 Å². The summed E-state index contributed by atoms with van der Waals surface area (Å²) in [4.78, 5) is 24.0. The van der Waals surface area contributed by atoms with E-state index < -0.39 is 33.9 Å². The van der Waals surface area contributed by atoms with Crippen molar-refractivity contribution in [3.05, 3.63) is 66.0 Å². The van der Waals surface area contributed by atoms with Crippen LogP contribution in [0.4, 0.5) is 4.39 Å². The molecule has 10 heteroatoms. The number of ether oxygens (including phenoxy) is 1. The molecule has 166 valence electrons. The third-order valence-corrected chi connectivity index (χ3v) is 6.66. The Hall–Kier alpha value is -2.82. The van der Waals surface area contributed by atoms with Gasteiger partial charge in [-0.2, -0.15) is 4.31 Å². The van der Waals surface area contributed by atoms with Crippen LogP contribution < -0.4 is 10.6 Å². The van der Waals surface area contributed by atoms with E-state index in [9.17, 15) is 22.4 Å². The molecule has 1 aliphatic rings. The maximum Gasteiger partial charge on any atom is 0.309 e. The maximum absolute atomic E-state index is 13.1. The number of rotatable bonds is 7. The van der Waals surface area contributed by atoms with Gasteiger partial charge in [0.1, 0.15) is 12.0 Å². The first-order valence-corrected chi connectivity index (χ1v) is 11.3. The van der Waals surface area contributed by atoms with E-state index in [-0.39, 0.29) is 18.0 Å². The summed E-state index contributed by atoms with van der Waals surface area (Å²) in [5.41, 5.74) is 1.03. The highest BCUT2D eigenvalue weighted by atomic mass is 32.2. The molecule has 3 rings (SSSR count). The molecule has 8 nitrogen and oxygen atoms in total. The molecule has 1 fully saturated rings. The minimum atomic E-state index is -3.95. The molecule has 0 unspecified atom stereocenters. The number of carbonyl (C=O) groups is 2. The number of hydrogen-bond acceptors (Lipinski definition) is 5. The van der Waals surface area contributed by atoms with Crippen LogP contribution in [-0.2, 0) is 30.8 Å². The zero-order chi connectivity index (χ0) is 22.3. The Bertz CT molecular complexity index is 999. The smallest absolute Gasteiger partial charge is 0.309 e. The summed E-state index contributed by atoms with van der Waals surface area (Å²) >= 11 is 0. The Balaban J connectivity index is 1.54. The van der Waals surface area contributed by atoms with E-state index in [2.05, 4.69) is 10.6 Å². The Kier molecular flexibility index (Phi) is 7.72. The number of benzene rings is 2. The number of hydrogen-bond donors (Lipinski definition) is 2. The predicted molar refractivity (Wildman–Crippen MR) is 111 cm³/mol. The fourth-order valence-corrected chi connectivity index (χ4v) is 4.72. The van der Waals surface area contributed by atoms with E-state index in [4.69, 9.17) is 4.74 Å². The Morgan fingerprint density at radius 2 is 1.71 bits per heavy atom. The first-order chi connectivity index (χ1) is 14.9. The van der Waals surface area contributed by atoms with Gasteiger partial charge in [-0.3, -0.25) is 9.59 Å². The largest absolute Gasteiger partial charge is 0.360 e. The normalized spacial score (nSPS) is 17.1. The average molecular weight is 450 g/mol. The van der Waals surface area contributed by atoms with E-state index in [0.29, 0.717) is 26.0 Å². The molecular formula is C21H24FN3O5S. The Morgan fingerprint density at radius 1 is 1.03 bits per heavy atom. The van der Waals surface area contributed by atoms with Crippen LogP contribution >= 0.6 is 0 Å². The van der Waals surface area contributed by atoms with Crippen molar-refractivity contribution in [1.82, 2.24) is 14.9 Å². The number of sulfonamides is 1. The predicted octanol–water partition coefficient (Wildman–Crippen LogP) is 1.04. The molecule has 0 spiro atoms. The maximum atomic E-state index is 13.1. The van der Waals surface area contributed by atoms with Crippen molar-refractivity contribution in [2.24, 2.45) is 0 Å². The molecule has 1 aliphatic heterocycles. The van der Waals surface area contributed by atoms with Gasteiger partial charge in [-0.15, -0.1) is 0 Å². The summed E-state index contributed by atoms with van der Waals surface area (Å²) in [6.07, 6.45) is 0.0880. The zero-order valence-electron chi connectivity index (χ0n) is 16.8. The van der Waals surface area contributed by atoms with Crippen LogP contribution in [0.2, 0.25) is 0 Å². The van der Waals surface area contributed by atoms with Crippen LogP contribution in [0.5, 0.6) is 0 Å². The number of carbonyl (C=O) groups excluding carboxylic acids is 2. The molecule has 0 bridgehead atoms. The lowest BCUT2D eigenvalue weighted by Gasteiger charge is -2.34. The Labute approximate surface area is 180 Å². The topological polar surface area (TPSA) is 105 Å². The average Bonchev–Trinajstić information content (AvgIpc) is 2.78. The van der Waals surface area contributed by atoms with Gasteiger partial charge < -0.3 is 15.4 Å². The molecule has 2 amide bonds. The molecule has 0 saturated carbocycles. The molecule has 0 radical (unpaired) electrons. The van der Waals surface area contributed by atoms with Gasteiger partial charge in [0.25, 0.3) is 0 Å². The molecule has 2 aromatic rings. The molecule has 1 heterocycles. The molecule has 31 heavy (non-hydrogen) atoms. The van der Waals surface area contributed by atoms with Crippen LogP contribution in [0.3, 0.4) is 0 Å². The highest BCUT2D eigenvalue weighted by molar-refractivity contribution is 7.89. The van der Waals surface area contributed by atoms with E-state index in [1.54, 1.807) is 0 Å². The fraction of sp³-hybridized carbons (Fsp3) is 0.333. The van der Waals surface area contributed by atoms with Crippen LogP contribution in [0.25, 0.3) is 0 Å². The molecular weight excluding hydrogens is 425 g/mol. The third kappa shape index (κ3) is 6.09. The molecule has 1 saturated heterocycles. The highest BCUT2D eigenvalue weighted by Gasteiger charge is 2.34. The first kappa shape index (κ1) is 22.9. The summed E-state index contributed by atoms with van der Waals surface area (Å²) in [5.74, 6) is -2.23. The van der Waals surface area contributed by atoms with Crippen molar-refractivity contribution in [3.8, 4) is 0 Å². The van der Waals surface area contributed by atoms with Gasteiger partial charge in [-0.05, 0) is 42.7 Å². The minimum Gasteiger partial charge on any atom is -0.360 e. The van der Waals surface area contributed by atoms with E-state index in [1.165, 1.54) is 12.1 Å². The lowest BCUT2D eigenvalue weighted by Crippen LogP contribution is -2.53. The number of halogens is 1. The monoisotopic (exact) mass is 449 g/mol. The SMILES string of the molecule is O=C(NCCc1ccccc1)C(=O)NC[C@H]1OCCCN1S(=O)(=O)c1ccc(F)cc1. The standard InChI is InChI=1S/C21H24FN3O5S/c22-17-7-9-18(10-8-17)31(28,29)25-13-4-14-30-19(25)15-24-21(27)20(26)23-12-11-16-5-2-1-3-6-16/h1-3,5-10,19H,4,11-15H2,(H,23,26)(H,24,27)/t19-/m1/s1. The van der Waals surface area contributed by atoms with E-state index in [1.807, 2.05) is 30.3 Å². The van der Waals surface area contributed by atoms with Crippen molar-refractivity contribution < 1.29 is 27.1 Å². The molecule has 2 aromatic carbocycles. The summed E-state index contributed by atoms with van der Waals surface area (Å²) in [6, 6.07) is 14.0. The van der Waals surface area contributed by atoms with Crippen molar-refractivity contribution in [3.63, 3.8) is 0 Å². The molecule has 0 aromatic heterocycles. The van der Waals surface area contributed by atoms with Gasteiger partial charge in [-0.25, -0.2) is 12.8 Å². The van der Waals surface area contributed by atoms with Gasteiger partial charge in [-0.1, -0.05) is 30.3 Å². The van der Waals surface area contributed by atoms with Crippen LogP contribution in [0, 0.1) is 5.82 Å². The second-order valence-electron chi connectivity index (χ2n) is 6.95. The number of amides is 2. The summed E-state index contributed by atoms with van der Waals surface area (Å²) in [7, 11) is -3.95. The van der Waals surface area contributed by atoms with Gasteiger partial charge >= 0.3 is 11.8 Å². The van der Waals surface area contributed by atoms with Crippen molar-refractivity contribution >= 4 is 21.8 Å². The van der Waals surface area contributed by atoms with Gasteiger partial charge in [0.15, 0.2) is 0 Å². The third-order valence-electron chi connectivity index (χ3n) is 4.76. The number of nitrogens with one attached hydrogen (secondary N) is 2. The van der Waals surface area contributed by atoms with E-state index in [0.717, 1.165) is 22.0 Å². The second kappa shape index (κ2) is 10.5. The summed E-state index contributed by atoms with van der Waals surface area (Å²) < 4.78 is 45.6. The lowest BCUT2D eigenvalue weighted by atomic mass is 10.1. The minimum absolute atomic E-state index is 0.0746. The van der Waals surface area contributed by atoms with Crippen LogP contribution in [-0.4, -0.2) is 57.0 Å². The first-order valence-electron chi connectivity index (χ1n) is 9.87. The summed E-state index contributed by atoms with van der Waals surface area (Å²) in [5, 5.41) is 4.95. The van der Waals surface area contributed by atoms with Gasteiger partial charge in [0.05, 0.1) is 18.0 Å². The second-order valence-corrected chi connectivity index (χ2v) is 8.84. The molecule has 1 atom stereocenters. The molecule has 2 N–H and O–H groups in total. The summed E-state index contributed by atoms with van der Waals surface area (Å²) in [6.45, 7) is 0.607. The van der Waals surface area contributed by atoms with Gasteiger partial charge in [0.2, 0.25) is 10.0 Å². The van der Waals surface area contributed by atoms with Crippen molar-refractivity contribution in [2.45, 2.75) is 24.0 Å². The highest BCUT2D eigenvalue weighted by Crippen LogP contribution is 2.22. The zero-order valence-corrected chi connectivity index (χ0v) is 17.6. The Morgan fingerprint density at radius 3 is 2.42 bits per heavy atom. The van der Waals surface area contributed by atoms with Crippen molar-refractivity contribution in [1.29, 1.82) is 0 Å². The lowest BCUT2D eigenvalue weighted by molar-refractivity contribution is -0.140. The van der Waals surface area contributed by atoms with E-state index >= 15 is 0 Å². The quantitative estimate of drug-likeness (QED) is 0.615. The molecule has 0 aliphatic carbocycles. The van der Waals surface area contributed by atoms with Crippen LogP contribution in [0.1, 0.15) is 12.0 Å². The fourth-order valence-electron chi connectivity index (χ4n) is 3.15. The number of nitrogens with zero attached hydrogens (tertiary/aromatic N) is 1. The van der Waals surface area contributed by atoms with Crippen molar-refractivity contribution in [2.75, 3.05) is 26.2 Å².